The molecule has 1 heterocycles. The Morgan fingerprint density at radius 3 is 2.28 bits per heavy atom. The van der Waals surface area contributed by atoms with Crippen molar-refractivity contribution in [1.29, 1.82) is 0 Å². The zero-order valence-electron chi connectivity index (χ0n) is 18.3. The molecular weight excluding hydrogens is 392 g/mol. The van der Waals surface area contributed by atoms with Gasteiger partial charge in [0.25, 0.3) is 5.91 Å². The van der Waals surface area contributed by atoms with Crippen molar-refractivity contribution in [2.45, 2.75) is 65.3 Å². The number of nitrogens with one attached hydrogen (secondary N) is 1. The third-order valence-corrected chi connectivity index (χ3v) is 6.65. The summed E-state index contributed by atoms with van der Waals surface area (Å²) in [4.78, 5) is 12.3. The first kappa shape index (κ1) is 23.6. The first-order valence-electron chi connectivity index (χ1n) is 10.1. The van der Waals surface area contributed by atoms with E-state index in [0.717, 1.165) is 0 Å². The predicted octanol–water partition coefficient (Wildman–Crippen LogP) is 2.31. The van der Waals surface area contributed by atoms with Crippen LogP contribution in [0.3, 0.4) is 0 Å². The molecule has 0 aromatic heterocycles. The van der Waals surface area contributed by atoms with E-state index in [1.807, 2.05) is 38.1 Å². The molecule has 1 amide bonds. The molecular formula is C21H34N2O5S. The first-order valence-corrected chi connectivity index (χ1v) is 11.7. The quantitative estimate of drug-likeness (QED) is 0.723. The molecule has 1 fully saturated rings. The molecule has 0 saturated carbocycles. The summed E-state index contributed by atoms with van der Waals surface area (Å²) in [5.74, 6) is 0.110. The Labute approximate surface area is 174 Å². The number of rotatable bonds is 7. The van der Waals surface area contributed by atoms with Crippen molar-refractivity contribution in [2.75, 3.05) is 25.4 Å². The lowest BCUT2D eigenvalue weighted by molar-refractivity contribution is -0.127. The van der Waals surface area contributed by atoms with E-state index in [2.05, 4.69) is 26.1 Å². The van der Waals surface area contributed by atoms with Gasteiger partial charge in [-0.3, -0.25) is 4.79 Å². The molecule has 1 N–H and O–H groups in total. The molecule has 0 spiro atoms. The first-order chi connectivity index (χ1) is 13.4. The van der Waals surface area contributed by atoms with Gasteiger partial charge in [-0.2, -0.15) is 4.31 Å². The van der Waals surface area contributed by atoms with E-state index < -0.39 is 16.1 Å². The zero-order valence-corrected chi connectivity index (χ0v) is 19.1. The summed E-state index contributed by atoms with van der Waals surface area (Å²) in [5, 5.41) is 2.65. The highest BCUT2D eigenvalue weighted by molar-refractivity contribution is 7.89. The van der Waals surface area contributed by atoms with Crippen LogP contribution in [0, 0.1) is 0 Å². The third kappa shape index (κ3) is 6.97. The third-order valence-electron chi connectivity index (χ3n) is 4.84. The van der Waals surface area contributed by atoms with Crippen LogP contribution in [-0.2, 0) is 25.0 Å². The molecule has 8 heteroatoms. The highest BCUT2D eigenvalue weighted by Crippen LogP contribution is 2.24. The van der Waals surface area contributed by atoms with Crippen molar-refractivity contribution in [2.24, 2.45) is 0 Å². The van der Waals surface area contributed by atoms with Gasteiger partial charge in [0.2, 0.25) is 10.0 Å². The molecule has 0 aliphatic carbocycles. The molecule has 2 rings (SSSR count). The Bertz CT molecular complexity index is 776. The monoisotopic (exact) mass is 426 g/mol. The number of hydrogen-bond donors (Lipinski definition) is 1. The normalized spacial score (nSPS) is 22.1. The number of carbonyl (C=O) groups excluding carboxylic acids is 1. The number of hydrogen-bond acceptors (Lipinski definition) is 5. The smallest absolute Gasteiger partial charge is 0.260 e. The molecule has 29 heavy (non-hydrogen) atoms. The zero-order chi connectivity index (χ0) is 21.8. The van der Waals surface area contributed by atoms with E-state index in [4.69, 9.17) is 9.47 Å². The molecule has 1 aromatic carbocycles. The molecule has 1 aliphatic rings. The molecule has 7 nitrogen and oxygen atoms in total. The largest absolute Gasteiger partial charge is 0.481 e. The molecule has 1 aliphatic heterocycles. The van der Waals surface area contributed by atoms with Crippen LogP contribution < -0.4 is 10.1 Å². The van der Waals surface area contributed by atoms with E-state index in [1.165, 1.54) is 9.87 Å². The summed E-state index contributed by atoms with van der Waals surface area (Å²) < 4.78 is 37.7. The number of sulfonamides is 1. The van der Waals surface area contributed by atoms with Crippen LogP contribution in [0.4, 0.5) is 0 Å². The molecule has 1 saturated heterocycles. The molecule has 1 aromatic rings. The van der Waals surface area contributed by atoms with Crippen LogP contribution in [0.15, 0.2) is 24.3 Å². The minimum atomic E-state index is -3.45. The second-order valence-electron chi connectivity index (χ2n) is 8.72. The van der Waals surface area contributed by atoms with E-state index >= 15 is 0 Å². The van der Waals surface area contributed by atoms with Gasteiger partial charge in [0, 0.05) is 19.6 Å². The van der Waals surface area contributed by atoms with Crippen LogP contribution in [0.2, 0.25) is 0 Å². The maximum atomic E-state index is 12.5. The summed E-state index contributed by atoms with van der Waals surface area (Å²) in [6.07, 6.45) is -0.996. The van der Waals surface area contributed by atoms with Gasteiger partial charge in [-0.1, -0.05) is 32.9 Å². The van der Waals surface area contributed by atoms with E-state index in [0.29, 0.717) is 18.8 Å². The lowest BCUT2D eigenvalue weighted by Crippen LogP contribution is -2.50. The average Bonchev–Trinajstić information content (AvgIpc) is 2.60. The second kappa shape index (κ2) is 9.45. The van der Waals surface area contributed by atoms with Gasteiger partial charge in [-0.15, -0.1) is 0 Å². The average molecular weight is 427 g/mol. The van der Waals surface area contributed by atoms with Crippen molar-refractivity contribution >= 4 is 15.9 Å². The maximum absolute atomic E-state index is 12.5. The van der Waals surface area contributed by atoms with Gasteiger partial charge >= 0.3 is 0 Å². The van der Waals surface area contributed by atoms with Crippen molar-refractivity contribution in [3.63, 3.8) is 0 Å². The molecule has 3 atom stereocenters. The van der Waals surface area contributed by atoms with Crippen LogP contribution in [0.5, 0.6) is 5.75 Å². The Morgan fingerprint density at radius 1 is 1.21 bits per heavy atom. The van der Waals surface area contributed by atoms with Crippen molar-refractivity contribution in [1.82, 2.24) is 9.62 Å². The summed E-state index contributed by atoms with van der Waals surface area (Å²) >= 11 is 0. The maximum Gasteiger partial charge on any atom is 0.260 e. The van der Waals surface area contributed by atoms with Crippen LogP contribution in [0.1, 0.15) is 47.1 Å². The molecule has 3 unspecified atom stereocenters. The summed E-state index contributed by atoms with van der Waals surface area (Å²) in [6.45, 7) is 12.5. The van der Waals surface area contributed by atoms with E-state index in [1.54, 1.807) is 6.92 Å². The lowest BCUT2D eigenvalue weighted by atomic mass is 9.87. The van der Waals surface area contributed by atoms with E-state index in [-0.39, 0.29) is 35.8 Å². The predicted molar refractivity (Wildman–Crippen MR) is 114 cm³/mol. The second-order valence-corrected chi connectivity index (χ2v) is 10.8. The standard InChI is InChI=1S/C21H34N2O5S/c1-15-13-23(14-16(2)27-15)29(25,26)12-11-22-20(24)17(3)28-19-9-7-18(8-10-19)21(4,5)6/h7-10,15-17H,11-14H2,1-6H3,(H,22,24). The van der Waals surface area contributed by atoms with Crippen molar-refractivity contribution < 1.29 is 22.7 Å². The fourth-order valence-electron chi connectivity index (χ4n) is 3.23. The van der Waals surface area contributed by atoms with Crippen molar-refractivity contribution in [3.8, 4) is 5.75 Å². The Morgan fingerprint density at radius 2 is 1.76 bits per heavy atom. The van der Waals surface area contributed by atoms with Gasteiger partial charge in [0.05, 0.1) is 18.0 Å². The van der Waals surface area contributed by atoms with Crippen LogP contribution in [-0.4, -0.2) is 62.3 Å². The molecule has 0 bridgehead atoms. The van der Waals surface area contributed by atoms with Gasteiger partial charge in [-0.05, 0) is 43.9 Å². The van der Waals surface area contributed by atoms with Gasteiger partial charge < -0.3 is 14.8 Å². The summed E-state index contributed by atoms with van der Waals surface area (Å²) in [5.41, 5.74) is 1.22. The number of morpholine rings is 1. The fourth-order valence-corrected chi connectivity index (χ4v) is 4.72. The topological polar surface area (TPSA) is 84.9 Å². The minimum Gasteiger partial charge on any atom is -0.481 e. The highest BCUT2D eigenvalue weighted by atomic mass is 32.2. The Hall–Kier alpha value is -1.64. The SMILES string of the molecule is CC1CN(S(=O)(=O)CCNC(=O)C(C)Oc2ccc(C(C)(C)C)cc2)CC(C)O1. The van der Waals surface area contributed by atoms with Crippen LogP contribution >= 0.6 is 0 Å². The fraction of sp³-hybridized carbons (Fsp3) is 0.667. The van der Waals surface area contributed by atoms with Crippen LogP contribution in [0.25, 0.3) is 0 Å². The number of carbonyl (C=O) groups is 1. The number of benzene rings is 1. The van der Waals surface area contributed by atoms with Crippen molar-refractivity contribution in [3.05, 3.63) is 29.8 Å². The highest BCUT2D eigenvalue weighted by Gasteiger charge is 2.30. The van der Waals surface area contributed by atoms with Gasteiger partial charge in [0.1, 0.15) is 5.75 Å². The lowest BCUT2D eigenvalue weighted by Gasteiger charge is -2.34. The molecule has 0 radical (unpaired) electrons. The van der Waals surface area contributed by atoms with Gasteiger partial charge in [-0.25, -0.2) is 8.42 Å². The summed E-state index contributed by atoms with van der Waals surface area (Å²) in [6, 6.07) is 7.65. The van der Waals surface area contributed by atoms with Gasteiger partial charge in [0.15, 0.2) is 6.10 Å². The minimum absolute atomic E-state index is 0.0396. The summed E-state index contributed by atoms with van der Waals surface area (Å²) in [7, 11) is -3.45. The number of nitrogens with zero attached hydrogens (tertiary/aromatic N) is 1. The number of ether oxygens (including phenoxy) is 2. The molecule has 164 valence electrons. The number of amides is 1. The Balaban J connectivity index is 1.82. The Kier molecular flexibility index (Phi) is 7.70. The van der Waals surface area contributed by atoms with E-state index in [9.17, 15) is 13.2 Å².